The van der Waals surface area contributed by atoms with E-state index in [-0.39, 0.29) is 5.91 Å². The molecule has 0 radical (unpaired) electrons. The molecule has 0 fully saturated rings. The van der Waals surface area contributed by atoms with Crippen LogP contribution in [0.25, 0.3) is 0 Å². The Morgan fingerprint density at radius 1 is 1.15 bits per heavy atom. The number of carbonyl (C=O) groups is 1. The highest BCUT2D eigenvalue weighted by Crippen LogP contribution is 2.24. The van der Waals surface area contributed by atoms with Crippen molar-refractivity contribution in [1.29, 1.82) is 0 Å². The average molecular weight is 266 g/mol. The number of amides is 1. The van der Waals surface area contributed by atoms with Crippen LogP contribution in [0.4, 0.5) is 11.4 Å². The van der Waals surface area contributed by atoms with Gasteiger partial charge in [0.05, 0.1) is 0 Å². The van der Waals surface area contributed by atoms with Crippen molar-refractivity contribution in [3.63, 3.8) is 0 Å². The first-order valence-electron chi connectivity index (χ1n) is 6.89. The normalized spacial score (nSPS) is 12.7. The van der Waals surface area contributed by atoms with E-state index >= 15 is 0 Å². The summed E-state index contributed by atoms with van der Waals surface area (Å²) in [5, 5.41) is 6.30. The van der Waals surface area contributed by atoms with Crippen molar-refractivity contribution in [2.24, 2.45) is 0 Å². The number of nitrogens with one attached hydrogen (secondary N) is 2. The molecule has 3 heteroatoms. The van der Waals surface area contributed by atoms with Crippen molar-refractivity contribution in [2.45, 2.75) is 20.3 Å². The molecule has 2 aromatic carbocycles. The Hall–Kier alpha value is -2.29. The number of carbonyl (C=O) groups excluding carboxylic acids is 1. The molecule has 2 N–H and O–H groups in total. The van der Waals surface area contributed by atoms with Gasteiger partial charge in [-0.05, 0) is 61.2 Å². The molecule has 3 nitrogen and oxygen atoms in total. The fourth-order valence-corrected chi connectivity index (χ4v) is 2.51. The first kappa shape index (κ1) is 12.7. The zero-order chi connectivity index (χ0) is 14.1. The van der Waals surface area contributed by atoms with Gasteiger partial charge in [-0.1, -0.05) is 12.1 Å². The molecule has 0 aromatic heterocycles. The second-order valence-corrected chi connectivity index (χ2v) is 5.32. The summed E-state index contributed by atoms with van der Waals surface area (Å²) >= 11 is 0. The second-order valence-electron chi connectivity index (χ2n) is 5.32. The molecule has 0 saturated carbocycles. The van der Waals surface area contributed by atoms with E-state index in [9.17, 15) is 4.79 Å². The van der Waals surface area contributed by atoms with Crippen molar-refractivity contribution < 1.29 is 4.79 Å². The van der Waals surface area contributed by atoms with Crippen molar-refractivity contribution in [1.82, 2.24) is 0 Å². The Kier molecular flexibility index (Phi) is 3.18. The summed E-state index contributed by atoms with van der Waals surface area (Å²) in [6.45, 7) is 4.98. The van der Waals surface area contributed by atoms with Gasteiger partial charge in [0, 0.05) is 23.5 Å². The average Bonchev–Trinajstić information content (AvgIpc) is 2.90. The smallest absolute Gasteiger partial charge is 0.255 e. The predicted molar refractivity (Wildman–Crippen MR) is 82.5 cm³/mol. The summed E-state index contributed by atoms with van der Waals surface area (Å²) in [5.74, 6) is -0.0478. The lowest BCUT2D eigenvalue weighted by molar-refractivity contribution is 0.102. The minimum absolute atomic E-state index is 0.0478. The number of hydrogen-bond acceptors (Lipinski definition) is 2. The van der Waals surface area contributed by atoms with Gasteiger partial charge in [-0.25, -0.2) is 0 Å². The lowest BCUT2D eigenvalue weighted by atomic mass is 10.1. The molecule has 0 bridgehead atoms. The van der Waals surface area contributed by atoms with Crippen LogP contribution in [0.2, 0.25) is 0 Å². The largest absolute Gasteiger partial charge is 0.384 e. The number of anilines is 2. The van der Waals surface area contributed by atoms with Crippen molar-refractivity contribution in [2.75, 3.05) is 17.2 Å². The Balaban J connectivity index is 1.84. The van der Waals surface area contributed by atoms with Crippen LogP contribution in [0.15, 0.2) is 36.4 Å². The lowest BCUT2D eigenvalue weighted by Gasteiger charge is -2.10. The maximum absolute atomic E-state index is 12.3. The van der Waals surface area contributed by atoms with Gasteiger partial charge in [-0.3, -0.25) is 4.79 Å². The molecule has 0 saturated heterocycles. The van der Waals surface area contributed by atoms with Crippen LogP contribution in [-0.4, -0.2) is 12.5 Å². The molecule has 3 rings (SSSR count). The molecule has 2 aromatic rings. The van der Waals surface area contributed by atoms with Crippen LogP contribution in [0, 0.1) is 13.8 Å². The molecule has 102 valence electrons. The number of hydrogen-bond donors (Lipinski definition) is 2. The highest BCUT2D eigenvalue weighted by atomic mass is 16.1. The predicted octanol–water partition coefficient (Wildman–Crippen LogP) is 3.52. The Labute approximate surface area is 119 Å². The van der Waals surface area contributed by atoms with Crippen LogP contribution in [0.1, 0.15) is 27.0 Å². The molecule has 1 amide bonds. The van der Waals surface area contributed by atoms with Gasteiger partial charge >= 0.3 is 0 Å². The van der Waals surface area contributed by atoms with E-state index in [0.717, 1.165) is 35.5 Å². The van der Waals surface area contributed by atoms with Gasteiger partial charge in [0.25, 0.3) is 5.91 Å². The van der Waals surface area contributed by atoms with Gasteiger partial charge in [0.1, 0.15) is 0 Å². The van der Waals surface area contributed by atoms with E-state index in [1.807, 2.05) is 50.2 Å². The van der Waals surface area contributed by atoms with Crippen molar-refractivity contribution in [3.05, 3.63) is 58.7 Å². The van der Waals surface area contributed by atoms with E-state index in [1.165, 1.54) is 5.56 Å². The van der Waals surface area contributed by atoms with Crippen LogP contribution < -0.4 is 10.6 Å². The van der Waals surface area contributed by atoms with Crippen molar-refractivity contribution in [3.8, 4) is 0 Å². The van der Waals surface area contributed by atoms with E-state index in [0.29, 0.717) is 5.56 Å². The summed E-state index contributed by atoms with van der Waals surface area (Å²) in [4.78, 5) is 12.3. The summed E-state index contributed by atoms with van der Waals surface area (Å²) in [6.07, 6.45) is 0.986. The van der Waals surface area contributed by atoms with Crippen LogP contribution in [0.5, 0.6) is 0 Å². The third-order valence-corrected chi connectivity index (χ3v) is 3.72. The maximum Gasteiger partial charge on any atom is 0.255 e. The molecule has 0 spiro atoms. The van der Waals surface area contributed by atoms with Gasteiger partial charge < -0.3 is 10.6 Å². The Morgan fingerprint density at radius 3 is 2.85 bits per heavy atom. The Bertz CT molecular complexity index is 677. The fourth-order valence-electron chi connectivity index (χ4n) is 2.51. The highest BCUT2D eigenvalue weighted by molar-refractivity contribution is 6.05. The minimum atomic E-state index is -0.0478. The van der Waals surface area contributed by atoms with Crippen LogP contribution in [-0.2, 0) is 6.42 Å². The van der Waals surface area contributed by atoms with E-state index in [1.54, 1.807) is 0 Å². The molecule has 1 aliphatic heterocycles. The molecule has 0 aliphatic carbocycles. The second kappa shape index (κ2) is 5.00. The number of fused-ring (bicyclic) bond motifs is 1. The third-order valence-electron chi connectivity index (χ3n) is 3.72. The van der Waals surface area contributed by atoms with Crippen molar-refractivity contribution >= 4 is 17.3 Å². The highest BCUT2D eigenvalue weighted by Gasteiger charge is 2.14. The summed E-state index contributed by atoms with van der Waals surface area (Å²) in [7, 11) is 0. The summed E-state index contributed by atoms with van der Waals surface area (Å²) in [5.41, 5.74) is 6.18. The third kappa shape index (κ3) is 2.39. The van der Waals surface area contributed by atoms with Gasteiger partial charge in [0.15, 0.2) is 0 Å². The first-order chi connectivity index (χ1) is 9.63. The monoisotopic (exact) mass is 266 g/mol. The number of aryl methyl sites for hydroxylation is 2. The van der Waals surface area contributed by atoms with Gasteiger partial charge in [-0.2, -0.15) is 0 Å². The zero-order valence-corrected chi connectivity index (χ0v) is 11.8. The zero-order valence-electron chi connectivity index (χ0n) is 11.8. The van der Waals surface area contributed by atoms with Gasteiger partial charge in [-0.15, -0.1) is 0 Å². The summed E-state index contributed by atoms with van der Waals surface area (Å²) < 4.78 is 0. The molecule has 1 heterocycles. The molecule has 20 heavy (non-hydrogen) atoms. The maximum atomic E-state index is 12.3. The lowest BCUT2D eigenvalue weighted by Crippen LogP contribution is -2.13. The SMILES string of the molecule is Cc1ccc(C)c(NC(=O)c2ccc3c(c2)CCN3)c1. The summed E-state index contributed by atoms with van der Waals surface area (Å²) in [6, 6.07) is 11.9. The quantitative estimate of drug-likeness (QED) is 0.873. The Morgan fingerprint density at radius 2 is 2.00 bits per heavy atom. The minimum Gasteiger partial charge on any atom is -0.384 e. The first-order valence-corrected chi connectivity index (χ1v) is 6.89. The van der Waals surface area contributed by atoms with E-state index < -0.39 is 0 Å². The fraction of sp³-hybridized carbons (Fsp3) is 0.235. The van der Waals surface area contributed by atoms with E-state index in [2.05, 4.69) is 10.6 Å². The molecule has 1 aliphatic rings. The molecule has 0 unspecified atom stereocenters. The number of rotatable bonds is 2. The van der Waals surface area contributed by atoms with Crippen LogP contribution in [0.3, 0.4) is 0 Å². The number of benzene rings is 2. The van der Waals surface area contributed by atoms with Gasteiger partial charge in [0.2, 0.25) is 0 Å². The van der Waals surface area contributed by atoms with E-state index in [4.69, 9.17) is 0 Å². The molecule has 0 atom stereocenters. The van der Waals surface area contributed by atoms with Crippen LogP contribution >= 0.6 is 0 Å². The molecular formula is C17H18N2O. The molecular weight excluding hydrogens is 248 g/mol. The topological polar surface area (TPSA) is 41.1 Å². The standard InChI is InChI=1S/C17H18N2O/c1-11-3-4-12(2)16(9-11)19-17(20)14-5-6-15-13(10-14)7-8-18-15/h3-6,9-10,18H,7-8H2,1-2H3,(H,19,20).